The largest absolute Gasteiger partial charge is 0.304 e. The maximum atomic E-state index is 5.22. The molecule has 1 unspecified atom stereocenters. The van der Waals surface area contributed by atoms with Crippen molar-refractivity contribution >= 4 is 0 Å². The van der Waals surface area contributed by atoms with Crippen molar-refractivity contribution in [3.63, 3.8) is 0 Å². The molecule has 0 saturated carbocycles. The Bertz CT molecular complexity index is 123. The van der Waals surface area contributed by atoms with E-state index in [4.69, 9.17) is 6.42 Å². The second kappa shape index (κ2) is 8.62. The molecule has 0 heterocycles. The van der Waals surface area contributed by atoms with Gasteiger partial charge in [0.05, 0.1) is 6.04 Å². The van der Waals surface area contributed by atoms with E-state index in [1.54, 1.807) is 0 Å². The van der Waals surface area contributed by atoms with Gasteiger partial charge >= 0.3 is 0 Å². The molecule has 0 radical (unpaired) electrons. The summed E-state index contributed by atoms with van der Waals surface area (Å²) in [7, 11) is 0. The SMILES string of the molecule is C#CC(C)NCCCCCCC. The third kappa shape index (κ3) is 7.63. The smallest absolute Gasteiger partial charge is 0.0658 e. The highest BCUT2D eigenvalue weighted by Crippen LogP contribution is 2.01. The number of unbranched alkanes of at least 4 members (excludes halogenated alkanes) is 4. The Labute approximate surface area is 76.9 Å². The molecule has 0 aliphatic heterocycles. The van der Waals surface area contributed by atoms with E-state index < -0.39 is 0 Å². The highest BCUT2D eigenvalue weighted by molar-refractivity contribution is 4.95. The molecule has 0 rings (SSSR count). The molecule has 12 heavy (non-hydrogen) atoms. The fourth-order valence-electron chi connectivity index (χ4n) is 1.11. The summed E-state index contributed by atoms with van der Waals surface area (Å²) in [5.74, 6) is 2.66. The second-order valence-electron chi connectivity index (χ2n) is 3.26. The van der Waals surface area contributed by atoms with Crippen LogP contribution >= 0.6 is 0 Å². The van der Waals surface area contributed by atoms with Gasteiger partial charge in [0.25, 0.3) is 0 Å². The van der Waals surface area contributed by atoms with Gasteiger partial charge in [-0.1, -0.05) is 38.5 Å². The molecule has 1 heteroatoms. The number of hydrogen-bond donors (Lipinski definition) is 1. The van der Waals surface area contributed by atoms with Crippen molar-refractivity contribution in [2.75, 3.05) is 6.54 Å². The molecular weight excluding hydrogens is 146 g/mol. The topological polar surface area (TPSA) is 12.0 Å². The van der Waals surface area contributed by atoms with E-state index >= 15 is 0 Å². The quantitative estimate of drug-likeness (QED) is 0.454. The van der Waals surface area contributed by atoms with Gasteiger partial charge in [-0.15, -0.1) is 6.42 Å². The lowest BCUT2D eigenvalue weighted by Crippen LogP contribution is -2.25. The van der Waals surface area contributed by atoms with Crippen LogP contribution in [0.3, 0.4) is 0 Å². The van der Waals surface area contributed by atoms with Crippen molar-refractivity contribution in [3.05, 3.63) is 0 Å². The number of hydrogen-bond acceptors (Lipinski definition) is 1. The van der Waals surface area contributed by atoms with Gasteiger partial charge in [-0.3, -0.25) is 0 Å². The lowest BCUT2D eigenvalue weighted by molar-refractivity contribution is 0.568. The molecule has 0 aromatic carbocycles. The van der Waals surface area contributed by atoms with Crippen LogP contribution in [0, 0.1) is 12.3 Å². The Hall–Kier alpha value is -0.480. The van der Waals surface area contributed by atoms with Gasteiger partial charge in [-0.05, 0) is 19.9 Å². The van der Waals surface area contributed by atoms with Gasteiger partial charge < -0.3 is 5.32 Å². The molecule has 1 atom stereocenters. The van der Waals surface area contributed by atoms with Gasteiger partial charge in [0.2, 0.25) is 0 Å². The molecule has 0 saturated heterocycles. The minimum absolute atomic E-state index is 0.233. The maximum absolute atomic E-state index is 5.22. The zero-order valence-electron chi connectivity index (χ0n) is 8.40. The lowest BCUT2D eigenvalue weighted by atomic mass is 10.1. The fourth-order valence-corrected chi connectivity index (χ4v) is 1.11. The molecule has 0 amide bonds. The summed E-state index contributed by atoms with van der Waals surface area (Å²) in [6.45, 7) is 5.32. The van der Waals surface area contributed by atoms with Crippen molar-refractivity contribution in [2.24, 2.45) is 0 Å². The molecule has 0 spiro atoms. The van der Waals surface area contributed by atoms with Crippen molar-refractivity contribution in [1.82, 2.24) is 5.32 Å². The predicted molar refractivity (Wildman–Crippen MR) is 55.1 cm³/mol. The van der Waals surface area contributed by atoms with Crippen LogP contribution in [0.1, 0.15) is 46.0 Å². The van der Waals surface area contributed by atoms with E-state index in [1.165, 1.54) is 32.1 Å². The van der Waals surface area contributed by atoms with Gasteiger partial charge in [-0.2, -0.15) is 0 Å². The van der Waals surface area contributed by atoms with Crippen LogP contribution in [-0.2, 0) is 0 Å². The average Bonchev–Trinajstić information content (AvgIpc) is 2.10. The normalized spacial score (nSPS) is 12.4. The van der Waals surface area contributed by atoms with Crippen LogP contribution in [0.2, 0.25) is 0 Å². The summed E-state index contributed by atoms with van der Waals surface area (Å²) in [5, 5.41) is 3.27. The minimum Gasteiger partial charge on any atom is -0.304 e. The van der Waals surface area contributed by atoms with Crippen molar-refractivity contribution in [3.8, 4) is 12.3 Å². The maximum Gasteiger partial charge on any atom is 0.0658 e. The van der Waals surface area contributed by atoms with E-state index in [1.807, 2.05) is 6.92 Å². The van der Waals surface area contributed by atoms with Crippen LogP contribution in [-0.4, -0.2) is 12.6 Å². The summed E-state index contributed by atoms with van der Waals surface area (Å²) in [5.41, 5.74) is 0. The number of rotatable bonds is 7. The van der Waals surface area contributed by atoms with E-state index in [2.05, 4.69) is 18.2 Å². The zero-order chi connectivity index (χ0) is 9.23. The average molecular weight is 167 g/mol. The van der Waals surface area contributed by atoms with E-state index in [-0.39, 0.29) is 6.04 Å². The number of terminal acetylenes is 1. The molecule has 0 aliphatic carbocycles. The molecule has 1 nitrogen and oxygen atoms in total. The third-order valence-electron chi connectivity index (χ3n) is 1.98. The fraction of sp³-hybridized carbons (Fsp3) is 0.818. The molecule has 0 aliphatic rings. The Morgan fingerprint density at radius 2 is 1.92 bits per heavy atom. The third-order valence-corrected chi connectivity index (χ3v) is 1.98. The first kappa shape index (κ1) is 11.5. The summed E-state index contributed by atoms with van der Waals surface area (Å²) in [6, 6.07) is 0.233. The minimum atomic E-state index is 0.233. The van der Waals surface area contributed by atoms with Crippen LogP contribution in [0.4, 0.5) is 0 Å². The zero-order valence-corrected chi connectivity index (χ0v) is 8.40. The van der Waals surface area contributed by atoms with E-state index in [9.17, 15) is 0 Å². The molecule has 0 bridgehead atoms. The van der Waals surface area contributed by atoms with Gasteiger partial charge in [-0.25, -0.2) is 0 Å². The van der Waals surface area contributed by atoms with Gasteiger partial charge in [0, 0.05) is 0 Å². The molecule has 1 N–H and O–H groups in total. The first-order chi connectivity index (χ1) is 5.81. The van der Waals surface area contributed by atoms with E-state index in [0.717, 1.165) is 6.54 Å². The van der Waals surface area contributed by atoms with Gasteiger partial charge in [0.15, 0.2) is 0 Å². The standard InChI is InChI=1S/C11H21N/c1-4-6-7-8-9-10-12-11(3)5-2/h2,11-12H,4,6-10H2,1,3H3. The lowest BCUT2D eigenvalue weighted by Gasteiger charge is -2.06. The monoisotopic (exact) mass is 167 g/mol. The molecule has 0 fully saturated rings. The summed E-state index contributed by atoms with van der Waals surface area (Å²) in [4.78, 5) is 0. The van der Waals surface area contributed by atoms with E-state index in [0.29, 0.717) is 0 Å². The Morgan fingerprint density at radius 3 is 2.50 bits per heavy atom. The van der Waals surface area contributed by atoms with Crippen LogP contribution in [0.5, 0.6) is 0 Å². The summed E-state index contributed by atoms with van der Waals surface area (Å²) in [6.07, 6.45) is 11.9. The predicted octanol–water partition coefficient (Wildman–Crippen LogP) is 2.57. The highest BCUT2D eigenvalue weighted by Gasteiger charge is 1.93. The second-order valence-corrected chi connectivity index (χ2v) is 3.26. The molecule has 0 aromatic rings. The van der Waals surface area contributed by atoms with Crippen LogP contribution < -0.4 is 5.32 Å². The Balaban J connectivity index is 2.96. The summed E-state index contributed by atoms with van der Waals surface area (Å²) >= 11 is 0. The summed E-state index contributed by atoms with van der Waals surface area (Å²) < 4.78 is 0. The van der Waals surface area contributed by atoms with Crippen molar-refractivity contribution in [1.29, 1.82) is 0 Å². The highest BCUT2D eigenvalue weighted by atomic mass is 14.9. The number of nitrogens with one attached hydrogen (secondary N) is 1. The van der Waals surface area contributed by atoms with Crippen LogP contribution in [0.25, 0.3) is 0 Å². The Kier molecular flexibility index (Phi) is 8.27. The molecule has 0 aromatic heterocycles. The first-order valence-corrected chi connectivity index (χ1v) is 5.00. The van der Waals surface area contributed by atoms with Crippen LogP contribution in [0.15, 0.2) is 0 Å². The molecule has 70 valence electrons. The van der Waals surface area contributed by atoms with Crippen molar-refractivity contribution < 1.29 is 0 Å². The van der Waals surface area contributed by atoms with Gasteiger partial charge in [0.1, 0.15) is 0 Å². The first-order valence-electron chi connectivity index (χ1n) is 5.00. The van der Waals surface area contributed by atoms with Crippen molar-refractivity contribution in [2.45, 2.75) is 52.0 Å². The molecular formula is C11H21N. The Morgan fingerprint density at radius 1 is 1.25 bits per heavy atom.